The number of sulfone groups is 1. The molecule has 0 saturated heterocycles. The SMILES string of the molecule is CCn1nnc(NC(=O)c2ccc(S(C)(=O)=O)cc2)n1. The van der Waals surface area contributed by atoms with Gasteiger partial charge in [-0.1, -0.05) is 5.10 Å². The van der Waals surface area contributed by atoms with E-state index in [-0.39, 0.29) is 10.8 Å². The summed E-state index contributed by atoms with van der Waals surface area (Å²) < 4.78 is 22.6. The second-order valence-electron chi connectivity index (χ2n) is 4.05. The first kappa shape index (κ1) is 14.1. The number of amides is 1. The van der Waals surface area contributed by atoms with Gasteiger partial charge >= 0.3 is 0 Å². The summed E-state index contributed by atoms with van der Waals surface area (Å²) in [5.74, 6) is -0.329. The van der Waals surface area contributed by atoms with Crippen molar-refractivity contribution in [1.29, 1.82) is 0 Å². The molecule has 0 spiro atoms. The van der Waals surface area contributed by atoms with E-state index in [1.807, 2.05) is 6.92 Å². The molecule has 0 aliphatic heterocycles. The smallest absolute Gasteiger partial charge is 0.270 e. The normalized spacial score (nSPS) is 11.3. The van der Waals surface area contributed by atoms with Gasteiger partial charge in [0.25, 0.3) is 11.9 Å². The van der Waals surface area contributed by atoms with Crippen molar-refractivity contribution in [2.24, 2.45) is 0 Å². The fraction of sp³-hybridized carbons (Fsp3) is 0.273. The average Bonchev–Trinajstić information content (AvgIpc) is 2.85. The van der Waals surface area contributed by atoms with Crippen LogP contribution < -0.4 is 5.32 Å². The highest BCUT2D eigenvalue weighted by Crippen LogP contribution is 2.11. The lowest BCUT2D eigenvalue weighted by Gasteiger charge is -2.02. The molecule has 0 fully saturated rings. The fourth-order valence-corrected chi connectivity index (χ4v) is 2.08. The Bertz CT molecular complexity index is 721. The highest BCUT2D eigenvalue weighted by Gasteiger charge is 2.12. The highest BCUT2D eigenvalue weighted by atomic mass is 32.2. The maximum atomic E-state index is 11.9. The highest BCUT2D eigenvalue weighted by molar-refractivity contribution is 7.90. The van der Waals surface area contributed by atoms with Gasteiger partial charge in [-0.3, -0.25) is 10.1 Å². The number of tetrazole rings is 1. The van der Waals surface area contributed by atoms with Crippen molar-refractivity contribution in [3.05, 3.63) is 29.8 Å². The summed E-state index contributed by atoms with van der Waals surface area (Å²) in [5, 5.41) is 13.8. The van der Waals surface area contributed by atoms with E-state index in [9.17, 15) is 13.2 Å². The molecule has 0 aliphatic rings. The van der Waals surface area contributed by atoms with E-state index >= 15 is 0 Å². The van der Waals surface area contributed by atoms with Crippen molar-refractivity contribution in [3.8, 4) is 0 Å². The zero-order valence-electron chi connectivity index (χ0n) is 10.9. The van der Waals surface area contributed by atoms with Crippen LogP contribution in [0.5, 0.6) is 0 Å². The zero-order chi connectivity index (χ0) is 14.8. The minimum Gasteiger partial charge on any atom is -0.288 e. The number of carbonyl (C=O) groups excluding carboxylic acids is 1. The number of nitrogens with zero attached hydrogens (tertiary/aromatic N) is 4. The number of nitrogens with one attached hydrogen (secondary N) is 1. The van der Waals surface area contributed by atoms with Gasteiger partial charge in [-0.2, -0.15) is 4.80 Å². The van der Waals surface area contributed by atoms with Crippen LogP contribution in [-0.4, -0.2) is 40.8 Å². The van der Waals surface area contributed by atoms with E-state index in [1.165, 1.54) is 29.1 Å². The van der Waals surface area contributed by atoms with E-state index in [0.29, 0.717) is 12.1 Å². The molecule has 8 nitrogen and oxygen atoms in total. The van der Waals surface area contributed by atoms with Gasteiger partial charge in [-0.15, -0.1) is 5.10 Å². The Morgan fingerprint density at radius 3 is 2.45 bits per heavy atom. The van der Waals surface area contributed by atoms with Crippen LogP contribution in [0.3, 0.4) is 0 Å². The number of anilines is 1. The summed E-state index contributed by atoms with van der Waals surface area (Å²) in [7, 11) is -3.27. The molecule has 20 heavy (non-hydrogen) atoms. The van der Waals surface area contributed by atoms with Gasteiger partial charge < -0.3 is 0 Å². The second-order valence-corrected chi connectivity index (χ2v) is 6.07. The van der Waals surface area contributed by atoms with E-state index in [1.54, 1.807) is 0 Å². The van der Waals surface area contributed by atoms with E-state index < -0.39 is 15.7 Å². The molecule has 1 heterocycles. The molecule has 1 N–H and O–H groups in total. The Balaban J connectivity index is 2.13. The van der Waals surface area contributed by atoms with Gasteiger partial charge in [0, 0.05) is 11.8 Å². The van der Waals surface area contributed by atoms with Crippen molar-refractivity contribution in [1.82, 2.24) is 20.2 Å². The molecular weight excluding hydrogens is 282 g/mol. The third kappa shape index (κ3) is 3.18. The van der Waals surface area contributed by atoms with Crippen LogP contribution in [0.15, 0.2) is 29.2 Å². The summed E-state index contributed by atoms with van der Waals surface area (Å²) in [6, 6.07) is 5.60. The molecule has 0 bridgehead atoms. The second kappa shape index (κ2) is 5.37. The van der Waals surface area contributed by atoms with E-state index in [0.717, 1.165) is 6.26 Å². The van der Waals surface area contributed by atoms with Gasteiger partial charge in [0.2, 0.25) is 0 Å². The first-order chi connectivity index (χ1) is 9.40. The Morgan fingerprint density at radius 1 is 1.30 bits per heavy atom. The fourth-order valence-electron chi connectivity index (χ4n) is 1.45. The molecule has 0 unspecified atom stereocenters. The third-order valence-electron chi connectivity index (χ3n) is 2.51. The molecule has 106 valence electrons. The van der Waals surface area contributed by atoms with Crippen LogP contribution in [0.1, 0.15) is 17.3 Å². The van der Waals surface area contributed by atoms with Crippen molar-refractivity contribution < 1.29 is 13.2 Å². The van der Waals surface area contributed by atoms with E-state index in [4.69, 9.17) is 0 Å². The maximum Gasteiger partial charge on any atom is 0.270 e. The topological polar surface area (TPSA) is 107 Å². The van der Waals surface area contributed by atoms with Gasteiger partial charge in [0.05, 0.1) is 11.4 Å². The number of aryl methyl sites for hydroxylation is 1. The minimum absolute atomic E-state index is 0.101. The maximum absolute atomic E-state index is 11.9. The number of carbonyl (C=O) groups is 1. The van der Waals surface area contributed by atoms with Crippen molar-refractivity contribution in [3.63, 3.8) is 0 Å². The number of benzene rings is 1. The van der Waals surface area contributed by atoms with Gasteiger partial charge in [0.1, 0.15) is 0 Å². The van der Waals surface area contributed by atoms with Gasteiger partial charge in [-0.05, 0) is 36.4 Å². The molecule has 1 aromatic carbocycles. The van der Waals surface area contributed by atoms with Crippen LogP contribution in [0, 0.1) is 0 Å². The molecular formula is C11H13N5O3S. The molecule has 1 amide bonds. The van der Waals surface area contributed by atoms with Gasteiger partial charge in [-0.25, -0.2) is 8.42 Å². The lowest BCUT2D eigenvalue weighted by molar-refractivity contribution is 0.102. The molecule has 1 aromatic heterocycles. The Morgan fingerprint density at radius 2 is 1.95 bits per heavy atom. The number of rotatable bonds is 4. The molecule has 2 rings (SSSR count). The first-order valence-electron chi connectivity index (χ1n) is 5.79. The molecule has 0 aliphatic carbocycles. The number of aromatic nitrogens is 4. The van der Waals surface area contributed by atoms with Crippen molar-refractivity contribution >= 4 is 21.7 Å². The van der Waals surface area contributed by atoms with Crippen molar-refractivity contribution in [2.75, 3.05) is 11.6 Å². The number of hydrogen-bond donors (Lipinski definition) is 1. The van der Waals surface area contributed by atoms with Crippen LogP contribution >= 0.6 is 0 Å². The molecule has 0 saturated carbocycles. The Hall–Kier alpha value is -2.29. The zero-order valence-corrected chi connectivity index (χ0v) is 11.8. The van der Waals surface area contributed by atoms with Gasteiger partial charge in [0.15, 0.2) is 9.84 Å². The summed E-state index contributed by atoms with van der Waals surface area (Å²) in [5.41, 5.74) is 0.310. The largest absolute Gasteiger partial charge is 0.288 e. The first-order valence-corrected chi connectivity index (χ1v) is 7.68. The summed E-state index contributed by atoms with van der Waals surface area (Å²) >= 11 is 0. The van der Waals surface area contributed by atoms with Crippen LogP contribution in [-0.2, 0) is 16.4 Å². The Kier molecular flexibility index (Phi) is 3.79. The summed E-state index contributed by atoms with van der Waals surface area (Å²) in [4.78, 5) is 13.4. The average molecular weight is 295 g/mol. The number of hydrogen-bond acceptors (Lipinski definition) is 6. The standard InChI is InChI=1S/C11H13N5O3S/c1-3-16-14-11(13-15-16)12-10(17)8-4-6-9(7-5-8)20(2,18)19/h4-7H,3H2,1-2H3,(H,12,14,17). The molecule has 9 heteroatoms. The van der Waals surface area contributed by atoms with Crippen LogP contribution in [0.25, 0.3) is 0 Å². The Labute approximate surface area is 115 Å². The lowest BCUT2D eigenvalue weighted by atomic mass is 10.2. The molecule has 0 radical (unpaired) electrons. The summed E-state index contributed by atoms with van der Waals surface area (Å²) in [6.45, 7) is 2.39. The lowest BCUT2D eigenvalue weighted by Crippen LogP contribution is -2.13. The monoisotopic (exact) mass is 295 g/mol. The summed E-state index contributed by atoms with van der Waals surface area (Å²) in [6.07, 6.45) is 1.11. The minimum atomic E-state index is -3.27. The molecule has 2 aromatic rings. The quantitative estimate of drug-likeness (QED) is 0.872. The van der Waals surface area contributed by atoms with Crippen LogP contribution in [0.2, 0.25) is 0 Å². The molecule has 0 atom stereocenters. The predicted molar refractivity (Wildman–Crippen MR) is 71.0 cm³/mol. The van der Waals surface area contributed by atoms with E-state index in [2.05, 4.69) is 20.7 Å². The predicted octanol–water partition coefficient (Wildman–Crippen LogP) is 0.349. The third-order valence-corrected chi connectivity index (χ3v) is 3.63. The van der Waals surface area contributed by atoms with Crippen molar-refractivity contribution in [2.45, 2.75) is 18.4 Å². The van der Waals surface area contributed by atoms with Crippen LogP contribution in [0.4, 0.5) is 5.95 Å².